The molecule has 4 aromatic rings. The predicted molar refractivity (Wildman–Crippen MR) is 219 cm³/mol. The maximum Gasteiger partial charge on any atom is 0.320 e. The van der Waals surface area contributed by atoms with Crippen molar-refractivity contribution in [3.63, 3.8) is 0 Å². The second-order valence-corrected chi connectivity index (χ2v) is 14.7. The van der Waals surface area contributed by atoms with Gasteiger partial charge in [-0.05, 0) is 78.1 Å². The van der Waals surface area contributed by atoms with E-state index >= 15 is 0 Å². The number of aliphatic hydroxyl groups excluding tert-OH is 4. The van der Waals surface area contributed by atoms with Crippen molar-refractivity contribution in [1.82, 2.24) is 0 Å². The lowest BCUT2D eigenvalue weighted by atomic mass is 9.90. The van der Waals surface area contributed by atoms with E-state index in [1.165, 1.54) is 12.8 Å². The molecule has 1 aliphatic heterocycles. The van der Waals surface area contributed by atoms with Crippen LogP contribution in [0.15, 0.2) is 103 Å². The lowest BCUT2D eigenvalue weighted by molar-refractivity contribution is -0.231. The summed E-state index contributed by atoms with van der Waals surface area (Å²) in [5.74, 6) is -1.14. The molecular weight excluding hydrogens is 768 g/mol. The molecule has 58 heavy (non-hydrogen) atoms. The summed E-state index contributed by atoms with van der Waals surface area (Å²) in [5, 5.41) is 57.6. The van der Waals surface area contributed by atoms with E-state index in [2.05, 4.69) is 0 Å². The van der Waals surface area contributed by atoms with Crippen molar-refractivity contribution in [3.05, 3.63) is 136 Å². The molecule has 1 heterocycles. The number of rotatable bonds is 15. The summed E-state index contributed by atoms with van der Waals surface area (Å²) < 4.78 is 17.3. The van der Waals surface area contributed by atoms with Gasteiger partial charge in [-0.1, -0.05) is 109 Å². The van der Waals surface area contributed by atoms with Crippen LogP contribution in [-0.4, -0.2) is 105 Å². The quantitative estimate of drug-likeness (QED) is 0.0791. The van der Waals surface area contributed by atoms with Crippen molar-refractivity contribution in [2.75, 3.05) is 19.8 Å². The molecule has 4 aromatic carbocycles. The van der Waals surface area contributed by atoms with Crippen LogP contribution in [0.4, 0.5) is 0 Å². The van der Waals surface area contributed by atoms with E-state index in [9.17, 15) is 30.0 Å². The normalized spacial score (nSPS) is 21.4. The molecule has 1 saturated carbocycles. The minimum atomic E-state index is -1.42. The van der Waals surface area contributed by atoms with E-state index < -0.39 is 61.1 Å². The molecule has 0 amide bonds. The third kappa shape index (κ3) is 14.8. The van der Waals surface area contributed by atoms with Crippen molar-refractivity contribution < 1.29 is 54.4 Å². The lowest BCUT2D eigenvalue weighted by Gasteiger charge is -2.40. The third-order valence-electron chi connectivity index (χ3n) is 9.85. The van der Waals surface area contributed by atoms with Crippen molar-refractivity contribution in [2.45, 2.75) is 93.7 Å². The predicted octanol–water partition coefficient (Wildman–Crippen LogP) is 4.07. The monoisotopic (exact) mass is 822 g/mol. The third-order valence-corrected chi connectivity index (χ3v) is 10.2. The Hall–Kier alpha value is -4.41. The Morgan fingerprint density at radius 2 is 1.28 bits per heavy atom. The molecule has 7 atom stereocenters. The van der Waals surface area contributed by atoms with Gasteiger partial charge in [-0.3, -0.25) is 9.59 Å². The van der Waals surface area contributed by atoms with Crippen LogP contribution in [0, 0.1) is 0 Å². The average molecular weight is 823 g/mol. The summed E-state index contributed by atoms with van der Waals surface area (Å²) in [6, 6.07) is 30.1. The van der Waals surface area contributed by atoms with Gasteiger partial charge in [0.1, 0.15) is 55.0 Å². The zero-order valence-electron chi connectivity index (χ0n) is 32.3. The Morgan fingerprint density at radius 3 is 1.79 bits per heavy atom. The zero-order valence-corrected chi connectivity index (χ0v) is 33.0. The van der Waals surface area contributed by atoms with Crippen LogP contribution in [0.5, 0.6) is 5.75 Å². The Labute approximate surface area is 343 Å². The number of benzene rings is 4. The van der Waals surface area contributed by atoms with Gasteiger partial charge in [-0.15, -0.1) is 0 Å². The molecule has 0 bridgehead atoms. The molecule has 2 fully saturated rings. The van der Waals surface area contributed by atoms with Gasteiger partial charge in [-0.2, -0.15) is 0 Å². The standard InChI is InChI=1S/C26H33ClO7.2C9H11NO2/c27-21-10-7-17(26-25(31)24(30)23(29)22(15-28)34-26)14-18(21)13-16-5-8-20(9-6-16)33-12-11-32-19-3-1-2-4-19;2*10-8(9(11)12)6-7-4-2-1-3-5-7/h5-10,14,19,22-26,28-31H,1-4,11-13,15H2;2*1-5,8H,6,10H2,(H,11,12)/t22-,23-,24+,25-,26+;2*8-/m100/s1. The largest absolute Gasteiger partial charge is 0.491 e. The number of carboxylic acids is 2. The molecule has 0 radical (unpaired) electrons. The van der Waals surface area contributed by atoms with Crippen LogP contribution >= 0.6 is 11.6 Å². The average Bonchev–Trinajstić information content (AvgIpc) is 3.75. The fraction of sp³-hybridized carbons (Fsp3) is 0.409. The van der Waals surface area contributed by atoms with E-state index in [-0.39, 0.29) is 0 Å². The van der Waals surface area contributed by atoms with Crippen LogP contribution < -0.4 is 16.2 Å². The Bertz CT molecular complexity index is 1750. The first-order chi connectivity index (χ1) is 27.9. The van der Waals surface area contributed by atoms with Gasteiger partial charge in [0.15, 0.2) is 0 Å². The van der Waals surface area contributed by atoms with Crippen LogP contribution in [-0.2, 0) is 38.3 Å². The minimum absolute atomic E-state index is 0.384. The van der Waals surface area contributed by atoms with E-state index in [1.807, 2.05) is 91.0 Å². The number of aliphatic hydroxyl groups is 4. The Balaban J connectivity index is 0.000000252. The number of hydrogen-bond acceptors (Lipinski definition) is 11. The zero-order chi connectivity index (χ0) is 42.0. The topological polar surface area (TPSA) is 235 Å². The molecule has 10 N–H and O–H groups in total. The molecule has 314 valence electrons. The first-order valence-electron chi connectivity index (χ1n) is 19.3. The van der Waals surface area contributed by atoms with Crippen LogP contribution in [0.2, 0.25) is 5.02 Å². The van der Waals surface area contributed by atoms with Gasteiger partial charge >= 0.3 is 11.9 Å². The number of aliphatic carboxylic acids is 2. The van der Waals surface area contributed by atoms with Gasteiger partial charge in [0.05, 0.1) is 19.3 Å². The van der Waals surface area contributed by atoms with E-state index in [0.29, 0.717) is 49.2 Å². The minimum Gasteiger partial charge on any atom is -0.491 e. The molecule has 0 aromatic heterocycles. The molecule has 1 aliphatic carbocycles. The van der Waals surface area contributed by atoms with E-state index in [1.54, 1.807) is 12.1 Å². The molecule has 6 rings (SSSR count). The van der Waals surface area contributed by atoms with Crippen molar-refractivity contribution in [3.8, 4) is 5.75 Å². The number of ether oxygens (including phenoxy) is 3. The van der Waals surface area contributed by atoms with Gasteiger partial charge < -0.3 is 56.3 Å². The fourth-order valence-corrected chi connectivity index (χ4v) is 6.73. The molecule has 2 aliphatic rings. The second kappa shape index (κ2) is 23.9. The summed E-state index contributed by atoms with van der Waals surface area (Å²) >= 11 is 6.43. The van der Waals surface area contributed by atoms with Crippen LogP contribution in [0.25, 0.3) is 0 Å². The molecule has 0 spiro atoms. The Kier molecular flexibility index (Phi) is 19.0. The molecule has 0 unspecified atom stereocenters. The lowest BCUT2D eigenvalue weighted by Crippen LogP contribution is -2.55. The highest BCUT2D eigenvalue weighted by Crippen LogP contribution is 2.34. The molecule has 13 nitrogen and oxygen atoms in total. The van der Waals surface area contributed by atoms with Gasteiger partial charge in [-0.25, -0.2) is 0 Å². The Morgan fingerprint density at radius 1 is 0.724 bits per heavy atom. The van der Waals surface area contributed by atoms with E-state index in [0.717, 1.165) is 40.8 Å². The summed E-state index contributed by atoms with van der Waals surface area (Å²) in [6.07, 6.45) is 0.503. The number of halogens is 1. The van der Waals surface area contributed by atoms with Gasteiger partial charge in [0.25, 0.3) is 0 Å². The molecule has 14 heteroatoms. The highest BCUT2D eigenvalue weighted by Gasteiger charge is 2.44. The SMILES string of the molecule is N[C@@H](Cc1ccccc1)C(=O)O.N[C@@H](Cc1ccccc1)C(=O)O.OC[C@H]1O[C@@H](c2ccc(Cl)c(Cc3ccc(OCCOC4CCCC4)cc3)c2)[C@H](O)[C@@H](O)[C@@H]1O. The first kappa shape index (κ1) is 46.3. The van der Waals surface area contributed by atoms with Crippen molar-refractivity contribution in [1.29, 1.82) is 0 Å². The number of nitrogens with two attached hydrogens (primary N) is 2. The first-order valence-corrected chi connectivity index (χ1v) is 19.7. The summed E-state index contributed by atoms with van der Waals surface area (Å²) in [5.41, 5.74) is 15.1. The van der Waals surface area contributed by atoms with Gasteiger partial charge in [0.2, 0.25) is 0 Å². The van der Waals surface area contributed by atoms with Crippen molar-refractivity contribution in [2.24, 2.45) is 11.5 Å². The second-order valence-electron chi connectivity index (χ2n) is 14.3. The van der Waals surface area contributed by atoms with Gasteiger partial charge in [0, 0.05) is 5.02 Å². The van der Waals surface area contributed by atoms with Crippen LogP contribution in [0.1, 0.15) is 59.6 Å². The molecule has 1 saturated heterocycles. The summed E-state index contributed by atoms with van der Waals surface area (Å²) in [4.78, 5) is 20.8. The summed E-state index contributed by atoms with van der Waals surface area (Å²) in [6.45, 7) is 0.638. The maximum atomic E-state index is 10.4. The number of carboxylic acid groups (broad SMARTS) is 2. The highest BCUT2D eigenvalue weighted by molar-refractivity contribution is 6.31. The van der Waals surface area contributed by atoms with Crippen molar-refractivity contribution >= 4 is 23.5 Å². The summed E-state index contributed by atoms with van der Waals surface area (Å²) in [7, 11) is 0. The molecular formula is C44H55ClN2O11. The fourth-order valence-electron chi connectivity index (χ4n) is 6.55. The smallest absolute Gasteiger partial charge is 0.320 e. The number of carbonyl (C=O) groups is 2. The highest BCUT2D eigenvalue weighted by atomic mass is 35.5. The maximum absolute atomic E-state index is 10.4. The van der Waals surface area contributed by atoms with E-state index in [4.69, 9.17) is 47.5 Å². The van der Waals surface area contributed by atoms with Crippen LogP contribution in [0.3, 0.4) is 0 Å². The number of hydrogen-bond donors (Lipinski definition) is 8.